The van der Waals surface area contributed by atoms with Crippen molar-refractivity contribution in [2.45, 2.75) is 6.92 Å². The molecule has 15 heavy (non-hydrogen) atoms. The molecule has 4 nitrogen and oxygen atoms in total. The highest BCUT2D eigenvalue weighted by molar-refractivity contribution is 5.76. The first-order valence-corrected chi connectivity index (χ1v) is 4.69. The Labute approximate surface area is 89.0 Å². The number of nitrogens with two attached hydrogens (primary N) is 1. The number of carbonyl (C=O) groups excluding carboxylic acids is 1. The third-order valence-corrected chi connectivity index (χ3v) is 2.03. The highest BCUT2D eigenvalue weighted by Crippen LogP contribution is 2.19. The molecule has 1 aromatic rings. The van der Waals surface area contributed by atoms with E-state index in [9.17, 15) is 4.79 Å². The van der Waals surface area contributed by atoms with Crippen molar-refractivity contribution in [2.75, 3.05) is 13.7 Å². The van der Waals surface area contributed by atoms with Gasteiger partial charge in [-0.3, -0.25) is 4.79 Å². The van der Waals surface area contributed by atoms with Crippen LogP contribution >= 0.6 is 0 Å². The lowest BCUT2D eigenvalue weighted by Crippen LogP contribution is -2.25. The van der Waals surface area contributed by atoms with Crippen LogP contribution in [-0.2, 0) is 4.79 Å². The number of benzene rings is 1. The maximum absolute atomic E-state index is 10.8. The SMILES string of the molecule is COc1cccc(OCC(C)C(N)=O)c1. The molecule has 0 saturated heterocycles. The monoisotopic (exact) mass is 209 g/mol. The Kier molecular flexibility index (Phi) is 3.97. The summed E-state index contributed by atoms with van der Waals surface area (Å²) >= 11 is 0. The summed E-state index contributed by atoms with van der Waals surface area (Å²) in [5, 5.41) is 0. The molecule has 2 N–H and O–H groups in total. The van der Waals surface area contributed by atoms with Crippen molar-refractivity contribution in [1.82, 2.24) is 0 Å². The minimum atomic E-state index is -0.363. The molecule has 0 aliphatic heterocycles. The van der Waals surface area contributed by atoms with Gasteiger partial charge in [0, 0.05) is 6.07 Å². The third-order valence-electron chi connectivity index (χ3n) is 2.03. The molecule has 1 rings (SSSR count). The van der Waals surface area contributed by atoms with Crippen LogP contribution in [0.25, 0.3) is 0 Å². The van der Waals surface area contributed by atoms with E-state index in [0.29, 0.717) is 5.75 Å². The summed E-state index contributed by atoms with van der Waals surface area (Å²) in [6.07, 6.45) is 0. The number of ether oxygens (including phenoxy) is 2. The molecular formula is C11H15NO3. The summed E-state index contributed by atoms with van der Waals surface area (Å²) in [6.45, 7) is 2.00. The van der Waals surface area contributed by atoms with Crippen LogP contribution in [0.1, 0.15) is 6.92 Å². The minimum absolute atomic E-state index is 0.280. The average Bonchev–Trinajstić information content (AvgIpc) is 2.26. The average molecular weight is 209 g/mol. The number of hydrogen-bond acceptors (Lipinski definition) is 3. The second-order valence-corrected chi connectivity index (χ2v) is 3.29. The summed E-state index contributed by atoms with van der Waals surface area (Å²) in [5.41, 5.74) is 5.11. The first-order chi connectivity index (χ1) is 7.13. The molecular weight excluding hydrogens is 194 g/mol. The number of rotatable bonds is 5. The molecule has 1 aromatic carbocycles. The van der Waals surface area contributed by atoms with Crippen molar-refractivity contribution in [3.63, 3.8) is 0 Å². The topological polar surface area (TPSA) is 61.6 Å². The molecule has 1 unspecified atom stereocenters. The van der Waals surface area contributed by atoms with Gasteiger partial charge in [0.05, 0.1) is 19.6 Å². The van der Waals surface area contributed by atoms with Crippen molar-refractivity contribution >= 4 is 5.91 Å². The van der Waals surface area contributed by atoms with Gasteiger partial charge in [-0.2, -0.15) is 0 Å². The molecule has 0 radical (unpaired) electrons. The van der Waals surface area contributed by atoms with Gasteiger partial charge in [0.2, 0.25) is 5.91 Å². The molecule has 0 fully saturated rings. The van der Waals surface area contributed by atoms with Gasteiger partial charge in [0.25, 0.3) is 0 Å². The van der Waals surface area contributed by atoms with E-state index >= 15 is 0 Å². The fourth-order valence-electron chi connectivity index (χ4n) is 0.994. The fourth-order valence-corrected chi connectivity index (χ4v) is 0.994. The quantitative estimate of drug-likeness (QED) is 0.792. The van der Waals surface area contributed by atoms with E-state index in [1.165, 1.54) is 0 Å². The molecule has 1 amide bonds. The van der Waals surface area contributed by atoms with E-state index in [-0.39, 0.29) is 18.4 Å². The summed E-state index contributed by atoms with van der Waals surface area (Å²) in [6, 6.07) is 7.21. The van der Waals surface area contributed by atoms with E-state index in [0.717, 1.165) is 5.75 Å². The lowest BCUT2D eigenvalue weighted by molar-refractivity contribution is -0.122. The Morgan fingerprint density at radius 2 is 2.13 bits per heavy atom. The van der Waals surface area contributed by atoms with Crippen molar-refractivity contribution in [3.8, 4) is 11.5 Å². The molecule has 0 aliphatic rings. The predicted octanol–water partition coefficient (Wildman–Crippen LogP) is 1.20. The lowest BCUT2D eigenvalue weighted by atomic mass is 10.2. The van der Waals surface area contributed by atoms with E-state index in [2.05, 4.69) is 0 Å². The van der Waals surface area contributed by atoms with Crippen LogP contribution in [-0.4, -0.2) is 19.6 Å². The lowest BCUT2D eigenvalue weighted by Gasteiger charge is -2.10. The van der Waals surface area contributed by atoms with Gasteiger partial charge >= 0.3 is 0 Å². The maximum atomic E-state index is 10.8. The molecule has 4 heteroatoms. The highest BCUT2D eigenvalue weighted by atomic mass is 16.5. The fraction of sp³-hybridized carbons (Fsp3) is 0.364. The number of methoxy groups -OCH3 is 1. The highest BCUT2D eigenvalue weighted by Gasteiger charge is 2.09. The maximum Gasteiger partial charge on any atom is 0.223 e. The Morgan fingerprint density at radius 1 is 1.47 bits per heavy atom. The molecule has 0 bridgehead atoms. The van der Waals surface area contributed by atoms with Gasteiger partial charge in [0.15, 0.2) is 0 Å². The van der Waals surface area contributed by atoms with Crippen molar-refractivity contribution in [2.24, 2.45) is 11.7 Å². The second-order valence-electron chi connectivity index (χ2n) is 3.29. The van der Waals surface area contributed by atoms with E-state index in [4.69, 9.17) is 15.2 Å². The van der Waals surface area contributed by atoms with Crippen LogP contribution in [0, 0.1) is 5.92 Å². The molecule has 0 heterocycles. The second kappa shape index (κ2) is 5.24. The zero-order valence-corrected chi connectivity index (χ0v) is 8.90. The predicted molar refractivity (Wildman–Crippen MR) is 56.8 cm³/mol. The van der Waals surface area contributed by atoms with Crippen LogP contribution in [0.3, 0.4) is 0 Å². The van der Waals surface area contributed by atoms with Crippen LogP contribution in [0.2, 0.25) is 0 Å². The van der Waals surface area contributed by atoms with Gasteiger partial charge in [-0.15, -0.1) is 0 Å². The number of amides is 1. The Balaban J connectivity index is 2.53. The summed E-state index contributed by atoms with van der Waals surface area (Å²) in [5.74, 6) is 0.732. The summed E-state index contributed by atoms with van der Waals surface area (Å²) in [4.78, 5) is 10.8. The first-order valence-electron chi connectivity index (χ1n) is 4.69. The normalized spacial score (nSPS) is 11.9. The van der Waals surface area contributed by atoms with Gasteiger partial charge in [0.1, 0.15) is 11.5 Å². The largest absolute Gasteiger partial charge is 0.497 e. The van der Waals surface area contributed by atoms with Crippen molar-refractivity contribution < 1.29 is 14.3 Å². The van der Waals surface area contributed by atoms with Crippen molar-refractivity contribution in [1.29, 1.82) is 0 Å². The Hall–Kier alpha value is -1.71. The van der Waals surface area contributed by atoms with Gasteiger partial charge < -0.3 is 15.2 Å². The molecule has 82 valence electrons. The number of primary amides is 1. The minimum Gasteiger partial charge on any atom is -0.497 e. The molecule has 0 aliphatic carbocycles. The smallest absolute Gasteiger partial charge is 0.223 e. The zero-order chi connectivity index (χ0) is 11.3. The van der Waals surface area contributed by atoms with Crippen LogP contribution in [0.15, 0.2) is 24.3 Å². The van der Waals surface area contributed by atoms with E-state index in [1.807, 2.05) is 12.1 Å². The van der Waals surface area contributed by atoms with Gasteiger partial charge in [-0.05, 0) is 12.1 Å². The van der Waals surface area contributed by atoms with Crippen LogP contribution in [0.4, 0.5) is 0 Å². The molecule has 0 aromatic heterocycles. The van der Waals surface area contributed by atoms with Gasteiger partial charge in [-0.25, -0.2) is 0 Å². The van der Waals surface area contributed by atoms with Crippen LogP contribution < -0.4 is 15.2 Å². The molecule has 0 saturated carbocycles. The Bertz CT molecular complexity index is 338. The summed E-state index contributed by atoms with van der Waals surface area (Å²) < 4.78 is 10.4. The number of hydrogen-bond donors (Lipinski definition) is 1. The van der Waals surface area contributed by atoms with Crippen LogP contribution in [0.5, 0.6) is 11.5 Å². The zero-order valence-electron chi connectivity index (χ0n) is 8.90. The molecule has 1 atom stereocenters. The van der Waals surface area contributed by atoms with E-state index < -0.39 is 0 Å². The van der Waals surface area contributed by atoms with Crippen molar-refractivity contribution in [3.05, 3.63) is 24.3 Å². The number of carbonyl (C=O) groups is 1. The van der Waals surface area contributed by atoms with E-state index in [1.54, 1.807) is 26.2 Å². The van der Waals surface area contributed by atoms with Gasteiger partial charge in [-0.1, -0.05) is 13.0 Å². The Morgan fingerprint density at radius 3 is 2.73 bits per heavy atom. The first kappa shape index (κ1) is 11.4. The molecule has 0 spiro atoms. The third kappa shape index (κ3) is 3.50. The summed E-state index contributed by atoms with van der Waals surface area (Å²) in [7, 11) is 1.59. The standard InChI is InChI=1S/C11H15NO3/c1-8(11(12)13)7-15-10-5-3-4-9(6-10)14-2/h3-6,8H,7H2,1-2H3,(H2,12,13).